The van der Waals surface area contributed by atoms with E-state index in [4.69, 9.17) is 18.0 Å². The number of aromatic nitrogens is 1. The first-order chi connectivity index (χ1) is 7.27. The number of thiocarbonyl (C=S) groups is 1. The van der Waals surface area contributed by atoms with E-state index < -0.39 is 0 Å². The van der Waals surface area contributed by atoms with Crippen molar-refractivity contribution >= 4 is 28.2 Å². The van der Waals surface area contributed by atoms with Crippen molar-refractivity contribution in [2.75, 3.05) is 6.54 Å². The van der Waals surface area contributed by atoms with E-state index in [1.807, 2.05) is 18.3 Å². The van der Waals surface area contributed by atoms with E-state index in [-0.39, 0.29) is 0 Å². The topological polar surface area (TPSA) is 53.8 Å². The van der Waals surface area contributed by atoms with Gasteiger partial charge in [-0.05, 0) is 30.3 Å². The Bertz CT molecular complexity index is 475. The van der Waals surface area contributed by atoms with Gasteiger partial charge < -0.3 is 16.0 Å². The smallest absolute Gasteiger partial charge is 0.163 e. The average molecular weight is 219 g/mol. The van der Waals surface area contributed by atoms with Crippen molar-refractivity contribution in [1.29, 1.82) is 0 Å². The Balaban J connectivity index is 2.11. The molecule has 0 radical (unpaired) electrons. The highest BCUT2D eigenvalue weighted by atomic mass is 32.1. The third-order valence-electron chi connectivity index (χ3n) is 2.37. The molecule has 1 heterocycles. The van der Waals surface area contributed by atoms with Gasteiger partial charge in [0.05, 0.1) is 0 Å². The third kappa shape index (κ3) is 2.27. The van der Waals surface area contributed by atoms with Gasteiger partial charge in [0.1, 0.15) is 0 Å². The summed E-state index contributed by atoms with van der Waals surface area (Å²) < 4.78 is 0. The fourth-order valence-corrected chi connectivity index (χ4v) is 1.76. The summed E-state index contributed by atoms with van der Waals surface area (Å²) in [6.07, 6.45) is 2.95. The molecule has 0 saturated heterocycles. The lowest BCUT2D eigenvalue weighted by molar-refractivity contribution is 0.874. The van der Waals surface area contributed by atoms with Gasteiger partial charge in [0.25, 0.3) is 0 Å². The zero-order chi connectivity index (χ0) is 10.7. The summed E-state index contributed by atoms with van der Waals surface area (Å²) in [5.41, 5.74) is 7.81. The Morgan fingerprint density at radius 1 is 1.40 bits per heavy atom. The largest absolute Gasteiger partial charge is 0.376 e. The van der Waals surface area contributed by atoms with Crippen LogP contribution in [-0.2, 0) is 6.42 Å². The zero-order valence-electron chi connectivity index (χ0n) is 8.29. The van der Waals surface area contributed by atoms with Crippen molar-refractivity contribution in [2.24, 2.45) is 5.73 Å². The Labute approximate surface area is 93.7 Å². The lowest BCUT2D eigenvalue weighted by atomic mass is 10.1. The fourth-order valence-electron chi connectivity index (χ4n) is 1.66. The van der Waals surface area contributed by atoms with Gasteiger partial charge in [0, 0.05) is 23.6 Å². The molecule has 2 aromatic rings. The van der Waals surface area contributed by atoms with E-state index >= 15 is 0 Å². The minimum absolute atomic E-state index is 0.356. The Hall–Kier alpha value is -1.55. The van der Waals surface area contributed by atoms with Crippen LogP contribution in [-0.4, -0.2) is 16.6 Å². The fraction of sp³-hybridized carbons (Fsp3) is 0.182. The third-order valence-corrected chi connectivity index (χ3v) is 2.51. The van der Waals surface area contributed by atoms with Gasteiger partial charge in [-0.1, -0.05) is 18.2 Å². The van der Waals surface area contributed by atoms with Crippen LogP contribution in [0.4, 0.5) is 0 Å². The van der Waals surface area contributed by atoms with Crippen LogP contribution < -0.4 is 11.1 Å². The molecular weight excluding hydrogens is 206 g/mol. The van der Waals surface area contributed by atoms with Crippen LogP contribution in [0.3, 0.4) is 0 Å². The van der Waals surface area contributed by atoms with E-state index in [2.05, 4.69) is 22.4 Å². The second-order valence-corrected chi connectivity index (χ2v) is 3.84. The summed E-state index contributed by atoms with van der Waals surface area (Å²) in [7, 11) is 0. The molecule has 2 rings (SSSR count). The van der Waals surface area contributed by atoms with E-state index in [1.165, 1.54) is 16.5 Å². The number of aromatic amines is 1. The molecule has 1 aromatic heterocycles. The van der Waals surface area contributed by atoms with Crippen LogP contribution in [0, 0.1) is 0 Å². The van der Waals surface area contributed by atoms with Crippen molar-refractivity contribution in [1.82, 2.24) is 10.3 Å². The lowest BCUT2D eigenvalue weighted by Crippen LogP contribution is -2.30. The molecule has 1 aromatic carbocycles. The molecule has 0 amide bonds. The van der Waals surface area contributed by atoms with Crippen LogP contribution in [0.5, 0.6) is 0 Å². The maximum Gasteiger partial charge on any atom is 0.163 e. The molecule has 0 fully saturated rings. The van der Waals surface area contributed by atoms with Crippen molar-refractivity contribution in [3.63, 3.8) is 0 Å². The number of nitrogens with two attached hydrogens (primary N) is 1. The summed E-state index contributed by atoms with van der Waals surface area (Å²) in [6.45, 7) is 0.775. The number of benzene rings is 1. The highest BCUT2D eigenvalue weighted by molar-refractivity contribution is 7.80. The number of hydrogen-bond acceptors (Lipinski definition) is 1. The first kappa shape index (κ1) is 9.98. The van der Waals surface area contributed by atoms with Crippen LogP contribution in [0.25, 0.3) is 10.9 Å². The van der Waals surface area contributed by atoms with Crippen molar-refractivity contribution in [2.45, 2.75) is 6.42 Å². The van der Waals surface area contributed by atoms with Crippen molar-refractivity contribution < 1.29 is 0 Å². The summed E-state index contributed by atoms with van der Waals surface area (Å²) >= 11 is 4.75. The molecule has 4 heteroatoms. The van der Waals surface area contributed by atoms with Gasteiger partial charge in [0.15, 0.2) is 5.11 Å². The SMILES string of the molecule is NC(=S)NCCc1c[nH]c2ccccc12. The average Bonchev–Trinajstić information content (AvgIpc) is 2.62. The molecule has 4 N–H and O–H groups in total. The van der Waals surface area contributed by atoms with E-state index in [0.717, 1.165) is 13.0 Å². The molecule has 0 saturated carbocycles. The zero-order valence-corrected chi connectivity index (χ0v) is 9.10. The van der Waals surface area contributed by atoms with Gasteiger partial charge in [-0.25, -0.2) is 0 Å². The Morgan fingerprint density at radius 3 is 3.00 bits per heavy atom. The van der Waals surface area contributed by atoms with Crippen LogP contribution in [0.15, 0.2) is 30.5 Å². The van der Waals surface area contributed by atoms with E-state index in [1.54, 1.807) is 0 Å². The Morgan fingerprint density at radius 2 is 2.20 bits per heavy atom. The monoisotopic (exact) mass is 219 g/mol. The lowest BCUT2D eigenvalue weighted by Gasteiger charge is -2.02. The molecule has 0 atom stereocenters. The van der Waals surface area contributed by atoms with Crippen molar-refractivity contribution in [3.05, 3.63) is 36.0 Å². The summed E-state index contributed by atoms with van der Waals surface area (Å²) in [5.74, 6) is 0. The number of rotatable bonds is 3. The molecule has 3 nitrogen and oxygen atoms in total. The number of hydrogen-bond donors (Lipinski definition) is 3. The number of nitrogens with one attached hydrogen (secondary N) is 2. The molecule has 15 heavy (non-hydrogen) atoms. The van der Waals surface area contributed by atoms with E-state index in [0.29, 0.717) is 5.11 Å². The van der Waals surface area contributed by atoms with Gasteiger partial charge >= 0.3 is 0 Å². The Kier molecular flexibility index (Phi) is 2.87. The highest BCUT2D eigenvalue weighted by Gasteiger charge is 2.01. The quantitative estimate of drug-likeness (QED) is 0.686. The van der Waals surface area contributed by atoms with E-state index in [9.17, 15) is 0 Å². The van der Waals surface area contributed by atoms with Gasteiger partial charge in [-0.2, -0.15) is 0 Å². The molecule has 0 bridgehead atoms. The summed E-state index contributed by atoms with van der Waals surface area (Å²) in [5, 5.41) is 4.57. The van der Waals surface area contributed by atoms with Crippen LogP contribution >= 0.6 is 12.2 Å². The van der Waals surface area contributed by atoms with Crippen LogP contribution in [0.2, 0.25) is 0 Å². The maximum atomic E-state index is 5.36. The molecule has 0 aliphatic heterocycles. The second-order valence-electron chi connectivity index (χ2n) is 3.40. The van der Waals surface area contributed by atoms with Gasteiger partial charge in [-0.15, -0.1) is 0 Å². The molecule has 0 unspecified atom stereocenters. The normalized spacial score (nSPS) is 10.4. The predicted octanol–water partition coefficient (Wildman–Crippen LogP) is 1.54. The molecular formula is C11H13N3S. The highest BCUT2D eigenvalue weighted by Crippen LogP contribution is 2.17. The molecule has 0 aliphatic rings. The minimum Gasteiger partial charge on any atom is -0.376 e. The van der Waals surface area contributed by atoms with Gasteiger partial charge in [-0.3, -0.25) is 0 Å². The van der Waals surface area contributed by atoms with Crippen molar-refractivity contribution in [3.8, 4) is 0 Å². The number of fused-ring (bicyclic) bond motifs is 1. The summed E-state index contributed by atoms with van der Waals surface area (Å²) in [4.78, 5) is 3.23. The van der Waals surface area contributed by atoms with Gasteiger partial charge in [0.2, 0.25) is 0 Å². The second kappa shape index (κ2) is 4.31. The maximum absolute atomic E-state index is 5.36. The molecule has 0 spiro atoms. The first-order valence-electron chi connectivity index (χ1n) is 4.85. The standard InChI is InChI=1S/C11H13N3S/c12-11(15)13-6-5-8-7-14-10-4-2-1-3-9(8)10/h1-4,7,14H,5-6H2,(H3,12,13,15). The first-order valence-corrected chi connectivity index (χ1v) is 5.26. The minimum atomic E-state index is 0.356. The van der Waals surface area contributed by atoms with Crippen LogP contribution in [0.1, 0.15) is 5.56 Å². The molecule has 78 valence electrons. The predicted molar refractivity (Wildman–Crippen MR) is 66.8 cm³/mol. The molecule has 0 aliphatic carbocycles. The number of para-hydroxylation sites is 1. The number of H-pyrrole nitrogens is 1. The summed E-state index contributed by atoms with van der Waals surface area (Å²) in [6, 6.07) is 8.25.